The van der Waals surface area contributed by atoms with Crippen molar-refractivity contribution >= 4 is 5.82 Å². The first-order valence-electron chi connectivity index (χ1n) is 8.18. The Labute approximate surface area is 121 Å². The summed E-state index contributed by atoms with van der Waals surface area (Å²) in [4.78, 5) is 9.62. The van der Waals surface area contributed by atoms with Gasteiger partial charge in [-0.25, -0.2) is 15.8 Å². The van der Waals surface area contributed by atoms with E-state index in [1.165, 1.54) is 56.2 Å². The predicted octanol–water partition coefficient (Wildman–Crippen LogP) is 3.32. The first-order valence-corrected chi connectivity index (χ1v) is 8.18. The Bertz CT molecular complexity index is 447. The van der Waals surface area contributed by atoms with Crippen molar-refractivity contribution in [2.24, 2.45) is 11.8 Å². The Balaban J connectivity index is 1.83. The molecule has 4 nitrogen and oxygen atoms in total. The average Bonchev–Trinajstić information content (AvgIpc) is 2.54. The average molecular weight is 274 g/mol. The maximum Gasteiger partial charge on any atom is 0.147 e. The van der Waals surface area contributed by atoms with Gasteiger partial charge in [0.1, 0.15) is 11.6 Å². The molecule has 1 saturated carbocycles. The van der Waals surface area contributed by atoms with Crippen molar-refractivity contribution in [3.63, 3.8) is 0 Å². The number of nitrogens with two attached hydrogens (primary N) is 1. The van der Waals surface area contributed by atoms with Crippen LogP contribution in [0.1, 0.15) is 74.9 Å². The van der Waals surface area contributed by atoms with Gasteiger partial charge in [0.05, 0.1) is 0 Å². The van der Waals surface area contributed by atoms with E-state index in [0.29, 0.717) is 5.92 Å². The van der Waals surface area contributed by atoms with Gasteiger partial charge in [-0.1, -0.05) is 13.3 Å². The molecule has 0 aromatic carbocycles. The molecular formula is C16H26N4. The Morgan fingerprint density at radius 3 is 2.55 bits per heavy atom. The molecule has 0 saturated heterocycles. The van der Waals surface area contributed by atoms with Crippen LogP contribution in [0.5, 0.6) is 0 Å². The number of nitrogens with zero attached hydrogens (tertiary/aromatic N) is 2. The highest BCUT2D eigenvalue weighted by atomic mass is 15.3. The number of rotatable bonds is 3. The normalized spacial score (nSPS) is 26.1. The summed E-state index contributed by atoms with van der Waals surface area (Å²) in [7, 11) is 0. The summed E-state index contributed by atoms with van der Waals surface area (Å²) in [5.41, 5.74) is 5.30. The van der Waals surface area contributed by atoms with Gasteiger partial charge >= 0.3 is 0 Å². The molecule has 4 heteroatoms. The third-order valence-electron chi connectivity index (χ3n) is 5.13. The molecule has 0 atom stereocenters. The maximum absolute atomic E-state index is 5.68. The Hall–Kier alpha value is -1.16. The van der Waals surface area contributed by atoms with E-state index >= 15 is 0 Å². The number of hydrogen-bond acceptors (Lipinski definition) is 4. The fraction of sp³-hybridized carbons (Fsp3) is 0.750. The van der Waals surface area contributed by atoms with Crippen LogP contribution < -0.4 is 11.3 Å². The molecule has 2 aliphatic carbocycles. The zero-order valence-electron chi connectivity index (χ0n) is 12.5. The molecule has 3 N–H and O–H groups in total. The molecule has 2 aliphatic rings. The predicted molar refractivity (Wildman–Crippen MR) is 81.5 cm³/mol. The van der Waals surface area contributed by atoms with Gasteiger partial charge in [-0.2, -0.15) is 0 Å². The number of aryl methyl sites for hydroxylation is 1. The van der Waals surface area contributed by atoms with Gasteiger partial charge in [0.25, 0.3) is 0 Å². The quantitative estimate of drug-likeness (QED) is 0.655. The number of hydrogen-bond donors (Lipinski definition) is 2. The van der Waals surface area contributed by atoms with E-state index in [2.05, 4.69) is 12.3 Å². The molecule has 1 heterocycles. The molecule has 0 spiro atoms. The zero-order chi connectivity index (χ0) is 13.9. The number of fused-ring (bicyclic) bond motifs is 1. The third-order valence-corrected chi connectivity index (χ3v) is 5.13. The highest BCUT2D eigenvalue weighted by Gasteiger charge is 2.26. The molecule has 20 heavy (non-hydrogen) atoms. The van der Waals surface area contributed by atoms with Crippen LogP contribution in [0.25, 0.3) is 0 Å². The van der Waals surface area contributed by atoms with E-state index in [1.807, 2.05) is 0 Å². The summed E-state index contributed by atoms with van der Waals surface area (Å²) >= 11 is 0. The van der Waals surface area contributed by atoms with Crippen LogP contribution in [-0.4, -0.2) is 9.97 Å². The second-order valence-electron chi connectivity index (χ2n) is 6.33. The maximum atomic E-state index is 5.68. The second kappa shape index (κ2) is 6.08. The lowest BCUT2D eigenvalue weighted by Crippen LogP contribution is -2.21. The zero-order valence-corrected chi connectivity index (χ0v) is 12.5. The van der Waals surface area contributed by atoms with Crippen molar-refractivity contribution in [2.75, 3.05) is 5.43 Å². The first kappa shape index (κ1) is 13.8. The van der Waals surface area contributed by atoms with Gasteiger partial charge in [-0.05, 0) is 57.3 Å². The molecule has 1 aromatic rings. The summed E-state index contributed by atoms with van der Waals surface area (Å²) in [6, 6.07) is 0. The third kappa shape index (κ3) is 2.66. The van der Waals surface area contributed by atoms with Crippen LogP contribution in [0.3, 0.4) is 0 Å². The summed E-state index contributed by atoms with van der Waals surface area (Å²) in [6.07, 6.45) is 11.1. The molecule has 0 aliphatic heterocycles. The monoisotopic (exact) mass is 274 g/mol. The molecule has 1 fully saturated rings. The SMILES string of the molecule is CCC1CCC(c2nc3c(c(NN)n2)CCCC3)CC1. The van der Waals surface area contributed by atoms with Crippen molar-refractivity contribution in [3.05, 3.63) is 17.1 Å². The number of aromatic nitrogens is 2. The van der Waals surface area contributed by atoms with Crippen LogP contribution >= 0.6 is 0 Å². The van der Waals surface area contributed by atoms with Gasteiger partial charge in [-0.15, -0.1) is 0 Å². The molecule has 0 bridgehead atoms. The summed E-state index contributed by atoms with van der Waals surface area (Å²) in [5.74, 6) is 9.04. The van der Waals surface area contributed by atoms with Crippen molar-refractivity contribution in [1.82, 2.24) is 9.97 Å². The lowest BCUT2D eigenvalue weighted by atomic mass is 9.80. The number of anilines is 1. The van der Waals surface area contributed by atoms with Gasteiger partial charge in [0.15, 0.2) is 0 Å². The summed E-state index contributed by atoms with van der Waals surface area (Å²) in [5, 5.41) is 0. The van der Waals surface area contributed by atoms with Gasteiger partial charge in [-0.3, -0.25) is 0 Å². The largest absolute Gasteiger partial charge is 0.308 e. The standard InChI is InChI=1S/C16H26N4/c1-2-11-7-9-12(10-8-11)15-18-14-6-4-3-5-13(14)16(19-15)20-17/h11-12H,2-10,17H2,1H3,(H,18,19,20). The molecule has 0 radical (unpaired) electrons. The Morgan fingerprint density at radius 1 is 1.10 bits per heavy atom. The highest BCUT2D eigenvalue weighted by Crippen LogP contribution is 2.37. The van der Waals surface area contributed by atoms with E-state index in [9.17, 15) is 0 Å². The second-order valence-corrected chi connectivity index (χ2v) is 6.33. The fourth-order valence-electron chi connectivity index (χ4n) is 3.74. The van der Waals surface area contributed by atoms with Gasteiger partial charge in [0.2, 0.25) is 0 Å². The van der Waals surface area contributed by atoms with Crippen LogP contribution in [0, 0.1) is 5.92 Å². The van der Waals surface area contributed by atoms with Crippen molar-refractivity contribution < 1.29 is 0 Å². The van der Waals surface area contributed by atoms with Gasteiger partial charge < -0.3 is 5.43 Å². The molecule has 3 rings (SSSR count). The number of hydrazine groups is 1. The fourth-order valence-corrected chi connectivity index (χ4v) is 3.74. The lowest BCUT2D eigenvalue weighted by Gasteiger charge is -2.28. The van der Waals surface area contributed by atoms with Crippen LogP contribution in [-0.2, 0) is 12.8 Å². The van der Waals surface area contributed by atoms with E-state index in [1.54, 1.807) is 0 Å². The molecular weight excluding hydrogens is 248 g/mol. The lowest BCUT2D eigenvalue weighted by molar-refractivity contribution is 0.311. The minimum absolute atomic E-state index is 0.539. The summed E-state index contributed by atoms with van der Waals surface area (Å²) < 4.78 is 0. The van der Waals surface area contributed by atoms with E-state index in [4.69, 9.17) is 15.8 Å². The van der Waals surface area contributed by atoms with Crippen molar-refractivity contribution in [1.29, 1.82) is 0 Å². The highest BCUT2D eigenvalue weighted by molar-refractivity contribution is 5.47. The van der Waals surface area contributed by atoms with Gasteiger partial charge in [0, 0.05) is 17.2 Å². The van der Waals surface area contributed by atoms with Crippen molar-refractivity contribution in [3.8, 4) is 0 Å². The van der Waals surface area contributed by atoms with Crippen LogP contribution in [0.2, 0.25) is 0 Å². The van der Waals surface area contributed by atoms with Crippen molar-refractivity contribution in [2.45, 2.75) is 70.6 Å². The van der Waals surface area contributed by atoms with Crippen LogP contribution in [0.4, 0.5) is 5.82 Å². The summed E-state index contributed by atoms with van der Waals surface area (Å²) in [6.45, 7) is 2.30. The molecule has 1 aromatic heterocycles. The number of nitrogen functional groups attached to an aromatic ring is 1. The Morgan fingerprint density at radius 2 is 1.85 bits per heavy atom. The van der Waals surface area contributed by atoms with E-state index in [-0.39, 0.29) is 0 Å². The minimum Gasteiger partial charge on any atom is -0.308 e. The molecule has 0 amide bonds. The minimum atomic E-state index is 0.539. The first-order chi connectivity index (χ1) is 9.81. The van der Waals surface area contributed by atoms with E-state index < -0.39 is 0 Å². The Kier molecular flexibility index (Phi) is 4.20. The van der Waals surface area contributed by atoms with Crippen LogP contribution in [0.15, 0.2) is 0 Å². The molecule has 110 valence electrons. The molecule has 0 unspecified atom stereocenters. The van der Waals surface area contributed by atoms with E-state index in [0.717, 1.165) is 30.4 Å². The number of nitrogens with one attached hydrogen (secondary N) is 1. The smallest absolute Gasteiger partial charge is 0.147 e. The topological polar surface area (TPSA) is 63.8 Å².